The predicted molar refractivity (Wildman–Crippen MR) is 80.3 cm³/mol. The van der Waals surface area contributed by atoms with Gasteiger partial charge >= 0.3 is 5.97 Å². The minimum absolute atomic E-state index is 0.231. The Balaban J connectivity index is 1.84. The highest BCUT2D eigenvalue weighted by molar-refractivity contribution is 5.69. The fraction of sp³-hybridized carbons (Fsp3) is 0.588. The molecule has 3 nitrogen and oxygen atoms in total. The van der Waals surface area contributed by atoms with E-state index in [0.29, 0.717) is 12.5 Å². The number of hydrogen-bond acceptors (Lipinski definition) is 2. The van der Waals surface area contributed by atoms with E-state index in [1.165, 1.54) is 48.9 Å². The lowest BCUT2D eigenvalue weighted by Crippen LogP contribution is -2.35. The smallest absolute Gasteiger partial charge is 0.303 e. The minimum Gasteiger partial charge on any atom is -0.481 e. The molecule has 0 radical (unpaired) electrons. The van der Waals surface area contributed by atoms with Crippen LogP contribution < -0.4 is 4.90 Å². The summed E-state index contributed by atoms with van der Waals surface area (Å²) < 4.78 is 0. The Kier molecular flexibility index (Phi) is 3.95. The molecule has 3 rings (SSSR count). The second-order valence-electron chi connectivity index (χ2n) is 6.05. The fourth-order valence-electron chi connectivity index (χ4n) is 3.77. The van der Waals surface area contributed by atoms with Gasteiger partial charge in [0, 0.05) is 24.7 Å². The molecule has 1 aliphatic heterocycles. The Bertz CT molecular complexity index is 492. The standard InChI is InChI=1S/C17H23NO2/c19-16(20)10-9-13-5-4-6-14-11-12-18(17(13)14)15-7-2-1-3-8-15/h4-6,15H,1-3,7-12H2,(H,19,20). The first-order valence-electron chi connectivity index (χ1n) is 7.85. The molecule has 0 aromatic heterocycles. The molecule has 20 heavy (non-hydrogen) atoms. The maximum absolute atomic E-state index is 10.8. The molecule has 0 spiro atoms. The van der Waals surface area contributed by atoms with E-state index in [0.717, 1.165) is 13.0 Å². The molecule has 3 heteroatoms. The first-order valence-corrected chi connectivity index (χ1v) is 7.85. The van der Waals surface area contributed by atoms with E-state index in [1.807, 2.05) is 0 Å². The Labute approximate surface area is 120 Å². The van der Waals surface area contributed by atoms with Gasteiger partial charge in [-0.05, 0) is 36.8 Å². The van der Waals surface area contributed by atoms with Crippen LogP contribution in [0.1, 0.15) is 49.7 Å². The Hall–Kier alpha value is -1.51. The fourth-order valence-corrected chi connectivity index (χ4v) is 3.77. The second-order valence-corrected chi connectivity index (χ2v) is 6.05. The van der Waals surface area contributed by atoms with Crippen molar-refractivity contribution < 1.29 is 9.90 Å². The normalized spacial score (nSPS) is 19.1. The van der Waals surface area contributed by atoms with Crippen LogP contribution >= 0.6 is 0 Å². The van der Waals surface area contributed by atoms with Crippen molar-refractivity contribution >= 4 is 11.7 Å². The molecular weight excluding hydrogens is 250 g/mol. The summed E-state index contributed by atoms with van der Waals surface area (Å²) in [4.78, 5) is 13.4. The van der Waals surface area contributed by atoms with Crippen molar-refractivity contribution in [3.05, 3.63) is 29.3 Å². The van der Waals surface area contributed by atoms with Gasteiger partial charge in [-0.15, -0.1) is 0 Å². The molecule has 1 N–H and O–H groups in total. The summed E-state index contributed by atoms with van der Waals surface area (Å²) in [6.07, 6.45) is 8.66. The molecule has 1 fully saturated rings. The van der Waals surface area contributed by atoms with Crippen molar-refractivity contribution in [2.24, 2.45) is 0 Å². The zero-order chi connectivity index (χ0) is 13.9. The van der Waals surface area contributed by atoms with Crippen LogP contribution in [-0.4, -0.2) is 23.7 Å². The summed E-state index contributed by atoms with van der Waals surface area (Å²) in [5, 5.41) is 8.92. The third kappa shape index (κ3) is 2.67. The molecule has 0 saturated heterocycles. The number of carboxylic acid groups (broad SMARTS) is 1. The summed E-state index contributed by atoms with van der Waals surface area (Å²) in [5.41, 5.74) is 4.01. The van der Waals surface area contributed by atoms with E-state index < -0.39 is 5.97 Å². The number of benzene rings is 1. The summed E-state index contributed by atoms with van der Waals surface area (Å²) >= 11 is 0. The average molecular weight is 273 g/mol. The lowest BCUT2D eigenvalue weighted by molar-refractivity contribution is -0.136. The molecule has 0 amide bonds. The first kappa shape index (κ1) is 13.5. The molecule has 2 aliphatic rings. The number of nitrogens with zero attached hydrogens (tertiary/aromatic N) is 1. The lowest BCUT2D eigenvalue weighted by atomic mass is 9.93. The van der Waals surface area contributed by atoms with Gasteiger partial charge in [-0.2, -0.15) is 0 Å². The zero-order valence-electron chi connectivity index (χ0n) is 12.0. The van der Waals surface area contributed by atoms with Gasteiger partial charge in [0.15, 0.2) is 0 Å². The van der Waals surface area contributed by atoms with Crippen LogP contribution in [-0.2, 0) is 17.6 Å². The van der Waals surface area contributed by atoms with Crippen molar-refractivity contribution in [1.29, 1.82) is 0 Å². The van der Waals surface area contributed by atoms with Gasteiger partial charge in [-0.1, -0.05) is 37.5 Å². The highest BCUT2D eigenvalue weighted by Crippen LogP contribution is 2.37. The minimum atomic E-state index is -0.704. The van der Waals surface area contributed by atoms with Crippen molar-refractivity contribution in [2.45, 2.75) is 57.4 Å². The number of hydrogen-bond donors (Lipinski definition) is 1. The van der Waals surface area contributed by atoms with E-state index in [4.69, 9.17) is 5.11 Å². The van der Waals surface area contributed by atoms with Crippen molar-refractivity contribution in [1.82, 2.24) is 0 Å². The molecule has 1 heterocycles. The number of fused-ring (bicyclic) bond motifs is 1. The number of anilines is 1. The SMILES string of the molecule is O=C(O)CCc1cccc2c1N(C1CCCCC1)CC2. The van der Waals surface area contributed by atoms with Crippen LogP contribution in [0.4, 0.5) is 5.69 Å². The molecule has 0 unspecified atom stereocenters. The Morgan fingerprint density at radius 1 is 1.25 bits per heavy atom. The van der Waals surface area contributed by atoms with E-state index in [2.05, 4.69) is 23.1 Å². The van der Waals surface area contributed by atoms with Crippen LogP contribution in [0.15, 0.2) is 18.2 Å². The van der Waals surface area contributed by atoms with Crippen LogP contribution in [0, 0.1) is 0 Å². The third-order valence-corrected chi connectivity index (χ3v) is 4.74. The molecule has 1 aliphatic carbocycles. The molecule has 108 valence electrons. The van der Waals surface area contributed by atoms with Crippen molar-refractivity contribution in [3.8, 4) is 0 Å². The van der Waals surface area contributed by atoms with Gasteiger partial charge in [0.1, 0.15) is 0 Å². The van der Waals surface area contributed by atoms with Crippen LogP contribution in [0.2, 0.25) is 0 Å². The monoisotopic (exact) mass is 273 g/mol. The van der Waals surface area contributed by atoms with Crippen LogP contribution in [0.25, 0.3) is 0 Å². The van der Waals surface area contributed by atoms with Gasteiger partial charge < -0.3 is 10.0 Å². The maximum Gasteiger partial charge on any atom is 0.303 e. The van der Waals surface area contributed by atoms with Gasteiger partial charge in [-0.3, -0.25) is 4.79 Å². The summed E-state index contributed by atoms with van der Waals surface area (Å²) in [6.45, 7) is 1.12. The van der Waals surface area contributed by atoms with Crippen LogP contribution in [0.3, 0.4) is 0 Å². The largest absolute Gasteiger partial charge is 0.481 e. The van der Waals surface area contributed by atoms with Gasteiger partial charge in [0.25, 0.3) is 0 Å². The van der Waals surface area contributed by atoms with Crippen LogP contribution in [0.5, 0.6) is 0 Å². The van der Waals surface area contributed by atoms with Crippen molar-refractivity contribution in [3.63, 3.8) is 0 Å². The Morgan fingerprint density at radius 3 is 2.80 bits per heavy atom. The molecule has 0 bridgehead atoms. The number of rotatable bonds is 4. The molecule has 1 saturated carbocycles. The van der Waals surface area contributed by atoms with E-state index in [1.54, 1.807) is 0 Å². The van der Waals surface area contributed by atoms with Gasteiger partial charge in [0.05, 0.1) is 0 Å². The number of aliphatic carboxylic acids is 1. The third-order valence-electron chi connectivity index (χ3n) is 4.74. The topological polar surface area (TPSA) is 40.5 Å². The van der Waals surface area contributed by atoms with Crippen molar-refractivity contribution in [2.75, 3.05) is 11.4 Å². The predicted octanol–water partition coefficient (Wildman–Crippen LogP) is 3.40. The van der Waals surface area contributed by atoms with E-state index >= 15 is 0 Å². The summed E-state index contributed by atoms with van der Waals surface area (Å²) in [6, 6.07) is 7.09. The highest BCUT2D eigenvalue weighted by atomic mass is 16.4. The highest BCUT2D eigenvalue weighted by Gasteiger charge is 2.29. The number of para-hydroxylation sites is 1. The van der Waals surface area contributed by atoms with Gasteiger partial charge in [0.2, 0.25) is 0 Å². The second kappa shape index (κ2) is 5.86. The molecule has 0 atom stereocenters. The summed E-state index contributed by atoms with van der Waals surface area (Å²) in [5.74, 6) is -0.704. The number of carbonyl (C=O) groups is 1. The lowest BCUT2D eigenvalue weighted by Gasteiger charge is -2.34. The number of carboxylic acids is 1. The van der Waals surface area contributed by atoms with Gasteiger partial charge in [-0.25, -0.2) is 0 Å². The van der Waals surface area contributed by atoms with E-state index in [9.17, 15) is 4.79 Å². The molecule has 1 aromatic rings. The maximum atomic E-state index is 10.8. The average Bonchev–Trinajstić information content (AvgIpc) is 2.90. The zero-order valence-corrected chi connectivity index (χ0v) is 12.0. The quantitative estimate of drug-likeness (QED) is 0.914. The first-order chi connectivity index (χ1) is 9.75. The molecular formula is C17H23NO2. The van der Waals surface area contributed by atoms with E-state index in [-0.39, 0.29) is 6.42 Å². The Morgan fingerprint density at radius 2 is 2.05 bits per heavy atom. The summed E-state index contributed by atoms with van der Waals surface area (Å²) in [7, 11) is 0. The number of aryl methyl sites for hydroxylation is 1. The molecule has 1 aromatic carbocycles.